The van der Waals surface area contributed by atoms with E-state index in [1.54, 1.807) is 7.05 Å². The lowest BCUT2D eigenvalue weighted by atomic mass is 10.3. The van der Waals surface area contributed by atoms with Gasteiger partial charge in [-0.1, -0.05) is 19.6 Å². The maximum atomic E-state index is 14.0. The Morgan fingerprint density at radius 1 is 1.38 bits per heavy atom. The van der Waals surface area contributed by atoms with Crippen molar-refractivity contribution in [3.05, 3.63) is 29.8 Å². The topological polar surface area (TPSA) is 39.1 Å². The van der Waals surface area contributed by atoms with Gasteiger partial charge in [-0.05, 0) is 19.2 Å². The number of aromatic nitrogens is 2. The molecule has 0 amide bonds. The largest absolute Gasteiger partial charge is 0.361 e. The van der Waals surface area contributed by atoms with E-state index in [2.05, 4.69) is 29.9 Å². The van der Waals surface area contributed by atoms with E-state index in [1.807, 2.05) is 16.8 Å². The van der Waals surface area contributed by atoms with Crippen molar-refractivity contribution in [2.24, 2.45) is 0 Å². The highest BCUT2D eigenvalue weighted by atomic mass is 28.3. The Labute approximate surface area is 126 Å². The van der Waals surface area contributed by atoms with E-state index in [-0.39, 0.29) is 5.82 Å². The van der Waals surface area contributed by atoms with Crippen molar-refractivity contribution < 1.29 is 9.13 Å². The number of fused-ring (bicyclic) bond motifs is 1. The molecule has 0 saturated carbocycles. The zero-order chi connectivity index (χ0) is 15.5. The van der Waals surface area contributed by atoms with E-state index >= 15 is 0 Å². The maximum absolute atomic E-state index is 14.0. The molecule has 4 nitrogen and oxygen atoms in total. The molecule has 0 radical (unpaired) electrons. The summed E-state index contributed by atoms with van der Waals surface area (Å²) in [6.45, 7) is 8.60. The van der Waals surface area contributed by atoms with Crippen molar-refractivity contribution >= 4 is 19.1 Å². The van der Waals surface area contributed by atoms with Crippen LogP contribution in [0.1, 0.15) is 5.69 Å². The monoisotopic (exact) mass is 309 g/mol. The zero-order valence-corrected chi connectivity index (χ0v) is 14.2. The Bertz CT molecular complexity index is 607. The van der Waals surface area contributed by atoms with Crippen LogP contribution in [0.3, 0.4) is 0 Å². The van der Waals surface area contributed by atoms with Crippen LogP contribution in [0, 0.1) is 5.82 Å². The van der Waals surface area contributed by atoms with Crippen LogP contribution in [-0.2, 0) is 18.0 Å². The minimum Gasteiger partial charge on any atom is -0.361 e. The number of hydrogen-bond acceptors (Lipinski definition) is 3. The summed E-state index contributed by atoms with van der Waals surface area (Å²) in [6, 6.07) is 4.57. The second-order valence-corrected chi connectivity index (χ2v) is 12.1. The standard InChI is InChI=1S/C15H24FN3OSi/c1-17-10-14-12(16)9-15-13(18-14)5-6-19(15)11-20-7-8-21(2,3)4/h5-6,9,17H,7-8,10-11H2,1-4H3. The van der Waals surface area contributed by atoms with Crippen LogP contribution in [0.15, 0.2) is 18.3 Å². The van der Waals surface area contributed by atoms with Crippen LogP contribution in [-0.4, -0.2) is 31.3 Å². The van der Waals surface area contributed by atoms with Gasteiger partial charge in [0.1, 0.15) is 12.5 Å². The summed E-state index contributed by atoms with van der Waals surface area (Å²) in [4.78, 5) is 4.35. The van der Waals surface area contributed by atoms with Crippen molar-refractivity contribution in [1.29, 1.82) is 0 Å². The third-order valence-electron chi connectivity index (χ3n) is 3.35. The molecular formula is C15H24FN3OSi. The van der Waals surface area contributed by atoms with Crippen molar-refractivity contribution in [2.45, 2.75) is 39.0 Å². The lowest BCUT2D eigenvalue weighted by molar-refractivity contribution is 0.0902. The van der Waals surface area contributed by atoms with Gasteiger partial charge in [0.25, 0.3) is 0 Å². The first-order valence-electron chi connectivity index (χ1n) is 7.27. The minimum atomic E-state index is -1.07. The normalized spacial score (nSPS) is 12.2. The molecule has 0 saturated heterocycles. The molecule has 2 aromatic rings. The van der Waals surface area contributed by atoms with Crippen LogP contribution < -0.4 is 5.32 Å². The Hall–Kier alpha value is -1.24. The molecule has 6 heteroatoms. The fourth-order valence-electron chi connectivity index (χ4n) is 2.07. The molecule has 0 aliphatic heterocycles. The van der Waals surface area contributed by atoms with Gasteiger partial charge < -0.3 is 14.6 Å². The summed E-state index contributed by atoms with van der Waals surface area (Å²) in [5, 5.41) is 2.92. The van der Waals surface area contributed by atoms with Crippen molar-refractivity contribution in [3.8, 4) is 0 Å². The summed E-state index contributed by atoms with van der Waals surface area (Å²) < 4.78 is 21.6. The summed E-state index contributed by atoms with van der Waals surface area (Å²) in [7, 11) is 0.709. The molecule has 1 N–H and O–H groups in total. The lowest BCUT2D eigenvalue weighted by Crippen LogP contribution is -2.22. The number of ether oxygens (including phenoxy) is 1. The van der Waals surface area contributed by atoms with Crippen LogP contribution in [0.25, 0.3) is 11.0 Å². The first kappa shape index (κ1) is 16.1. The number of halogens is 1. The SMILES string of the molecule is CNCc1nc2ccn(COCC[Si](C)(C)C)c2cc1F. The predicted octanol–water partition coefficient (Wildman–Crippen LogP) is 3.21. The molecule has 2 heterocycles. The molecule has 0 aliphatic rings. The van der Waals surface area contributed by atoms with E-state index in [1.165, 1.54) is 6.07 Å². The lowest BCUT2D eigenvalue weighted by Gasteiger charge is -2.15. The van der Waals surface area contributed by atoms with Crippen molar-refractivity contribution in [2.75, 3.05) is 13.7 Å². The van der Waals surface area contributed by atoms with E-state index < -0.39 is 8.07 Å². The van der Waals surface area contributed by atoms with Gasteiger partial charge in [0, 0.05) is 33.5 Å². The van der Waals surface area contributed by atoms with Gasteiger partial charge in [-0.15, -0.1) is 0 Å². The molecular weight excluding hydrogens is 285 g/mol. The second kappa shape index (κ2) is 6.68. The van der Waals surface area contributed by atoms with Gasteiger partial charge in [0.05, 0.1) is 16.7 Å². The van der Waals surface area contributed by atoms with E-state index in [0.29, 0.717) is 19.0 Å². The maximum Gasteiger partial charge on any atom is 0.148 e. The molecule has 116 valence electrons. The highest BCUT2D eigenvalue weighted by molar-refractivity contribution is 6.76. The molecule has 0 atom stereocenters. The minimum absolute atomic E-state index is 0.279. The molecule has 0 aromatic carbocycles. The van der Waals surface area contributed by atoms with Gasteiger partial charge >= 0.3 is 0 Å². The van der Waals surface area contributed by atoms with Crippen LogP contribution >= 0.6 is 0 Å². The van der Waals surface area contributed by atoms with Crippen LogP contribution in [0.5, 0.6) is 0 Å². The molecule has 2 aromatic heterocycles. The highest BCUT2D eigenvalue weighted by Gasteiger charge is 2.13. The predicted molar refractivity (Wildman–Crippen MR) is 86.6 cm³/mol. The van der Waals surface area contributed by atoms with Gasteiger partial charge in [-0.3, -0.25) is 0 Å². The quantitative estimate of drug-likeness (QED) is 0.630. The van der Waals surface area contributed by atoms with E-state index in [4.69, 9.17) is 4.74 Å². The first-order chi connectivity index (χ1) is 9.90. The summed E-state index contributed by atoms with van der Waals surface area (Å²) in [5.41, 5.74) is 2.03. The average Bonchev–Trinajstić information content (AvgIpc) is 2.77. The number of nitrogens with one attached hydrogen (secondary N) is 1. The summed E-state index contributed by atoms with van der Waals surface area (Å²) in [5.74, 6) is -0.279. The fourth-order valence-corrected chi connectivity index (χ4v) is 2.83. The Morgan fingerprint density at radius 2 is 2.14 bits per heavy atom. The summed E-state index contributed by atoms with van der Waals surface area (Å²) >= 11 is 0. The number of hydrogen-bond donors (Lipinski definition) is 1. The highest BCUT2D eigenvalue weighted by Crippen LogP contribution is 2.18. The third-order valence-corrected chi connectivity index (χ3v) is 5.05. The molecule has 0 fully saturated rings. The Morgan fingerprint density at radius 3 is 2.81 bits per heavy atom. The molecule has 0 unspecified atom stereocenters. The first-order valence-corrected chi connectivity index (χ1v) is 11.0. The van der Waals surface area contributed by atoms with Gasteiger partial charge in [0.2, 0.25) is 0 Å². The number of rotatable bonds is 7. The molecule has 2 rings (SSSR count). The zero-order valence-electron chi connectivity index (χ0n) is 13.2. The van der Waals surface area contributed by atoms with Crippen LogP contribution in [0.4, 0.5) is 4.39 Å². The van der Waals surface area contributed by atoms with Gasteiger partial charge in [-0.25, -0.2) is 9.37 Å². The van der Waals surface area contributed by atoms with Crippen molar-refractivity contribution in [1.82, 2.24) is 14.9 Å². The fraction of sp³-hybridized carbons (Fsp3) is 0.533. The molecule has 0 spiro atoms. The molecule has 0 aliphatic carbocycles. The third kappa shape index (κ3) is 4.36. The molecule has 0 bridgehead atoms. The summed E-state index contributed by atoms with van der Waals surface area (Å²) in [6.07, 6.45) is 1.90. The van der Waals surface area contributed by atoms with Gasteiger partial charge in [-0.2, -0.15) is 0 Å². The average molecular weight is 309 g/mol. The Kier molecular flexibility index (Phi) is 5.13. The second-order valence-electron chi connectivity index (χ2n) is 6.49. The number of pyridine rings is 1. The molecule has 21 heavy (non-hydrogen) atoms. The number of nitrogens with zero attached hydrogens (tertiary/aromatic N) is 2. The Balaban J connectivity index is 2.06. The smallest absolute Gasteiger partial charge is 0.148 e. The van der Waals surface area contributed by atoms with E-state index in [0.717, 1.165) is 23.7 Å². The van der Waals surface area contributed by atoms with Gasteiger partial charge in [0.15, 0.2) is 0 Å². The van der Waals surface area contributed by atoms with E-state index in [9.17, 15) is 4.39 Å². The van der Waals surface area contributed by atoms with Crippen LogP contribution in [0.2, 0.25) is 25.7 Å². The van der Waals surface area contributed by atoms with Crippen molar-refractivity contribution in [3.63, 3.8) is 0 Å².